The molecule has 0 bridgehead atoms. The second kappa shape index (κ2) is 7.71. The average Bonchev–Trinajstić information content (AvgIpc) is 3.12. The number of benzene rings is 1. The molecule has 0 fully saturated rings. The van der Waals surface area contributed by atoms with Gasteiger partial charge in [-0.15, -0.1) is 0 Å². The van der Waals surface area contributed by atoms with Gasteiger partial charge in [0.1, 0.15) is 5.82 Å². The normalized spacial score (nSPS) is 14.5. The van der Waals surface area contributed by atoms with E-state index in [0.717, 1.165) is 39.9 Å². The zero-order valence-corrected chi connectivity index (χ0v) is 16.9. The maximum absolute atomic E-state index is 13.2. The van der Waals surface area contributed by atoms with E-state index >= 15 is 0 Å². The molecule has 1 aromatic carbocycles. The molecule has 8 heteroatoms. The first-order valence-corrected chi connectivity index (χ1v) is 9.83. The van der Waals surface area contributed by atoms with E-state index in [0.29, 0.717) is 6.54 Å². The van der Waals surface area contributed by atoms with Gasteiger partial charge in [-0.25, -0.2) is 13.9 Å². The maximum atomic E-state index is 13.2. The molecule has 144 valence electrons. The number of amides is 2. The van der Waals surface area contributed by atoms with Gasteiger partial charge in [-0.1, -0.05) is 0 Å². The van der Waals surface area contributed by atoms with Crippen molar-refractivity contribution in [3.63, 3.8) is 0 Å². The highest BCUT2D eigenvalue weighted by Crippen LogP contribution is 2.29. The maximum Gasteiger partial charge on any atom is 0.322 e. The number of urea groups is 1. The summed E-state index contributed by atoms with van der Waals surface area (Å²) in [4.78, 5) is 18.8. The summed E-state index contributed by atoms with van der Waals surface area (Å²) in [6, 6.07) is 7.76. The van der Waals surface area contributed by atoms with E-state index in [9.17, 15) is 9.18 Å². The predicted molar refractivity (Wildman–Crippen MR) is 108 cm³/mol. The molecule has 0 radical (unpaired) electrons. The molecule has 4 rings (SSSR count). The third-order valence-electron chi connectivity index (χ3n) is 4.82. The molecule has 3 aromatic rings. The molecular weight excluding hydrogens is 425 g/mol. The molecule has 1 unspecified atom stereocenters. The first kappa shape index (κ1) is 18.6. The Kier molecular flexibility index (Phi) is 5.13. The van der Waals surface area contributed by atoms with Crippen LogP contribution in [0, 0.1) is 5.82 Å². The first-order valence-electron chi connectivity index (χ1n) is 9.04. The lowest BCUT2D eigenvalue weighted by Gasteiger charge is -2.29. The smallest absolute Gasteiger partial charge is 0.322 e. The van der Waals surface area contributed by atoms with Gasteiger partial charge in [-0.3, -0.25) is 9.88 Å². The highest BCUT2D eigenvalue weighted by Gasteiger charge is 2.27. The van der Waals surface area contributed by atoms with Gasteiger partial charge < -0.3 is 5.32 Å². The minimum atomic E-state index is -0.290. The summed E-state index contributed by atoms with van der Waals surface area (Å²) in [5.41, 5.74) is 3.43. The number of hydrogen-bond donors (Lipinski definition) is 1. The molecule has 0 saturated heterocycles. The number of nitrogens with one attached hydrogen (secondary N) is 1. The molecule has 28 heavy (non-hydrogen) atoms. The van der Waals surface area contributed by atoms with E-state index in [1.54, 1.807) is 40.3 Å². The largest absolute Gasteiger partial charge is 0.331 e. The van der Waals surface area contributed by atoms with Crippen LogP contribution < -0.4 is 10.2 Å². The van der Waals surface area contributed by atoms with E-state index in [2.05, 4.69) is 31.3 Å². The summed E-state index contributed by atoms with van der Waals surface area (Å²) in [6.07, 6.45) is 6.78. The third-order valence-corrected chi connectivity index (χ3v) is 5.25. The lowest BCUT2D eigenvalue weighted by Crippen LogP contribution is -2.43. The van der Waals surface area contributed by atoms with Gasteiger partial charge in [0.25, 0.3) is 0 Å². The fourth-order valence-corrected chi connectivity index (χ4v) is 3.76. The van der Waals surface area contributed by atoms with Crippen LogP contribution in [0.4, 0.5) is 14.9 Å². The van der Waals surface area contributed by atoms with E-state index in [1.165, 1.54) is 12.1 Å². The van der Waals surface area contributed by atoms with Crippen molar-refractivity contribution in [2.75, 3.05) is 11.4 Å². The number of aromatic nitrogens is 3. The second-order valence-corrected chi connectivity index (χ2v) is 7.64. The van der Waals surface area contributed by atoms with Crippen molar-refractivity contribution >= 4 is 27.6 Å². The number of halogens is 2. The summed E-state index contributed by atoms with van der Waals surface area (Å²) < 4.78 is 15.9. The third kappa shape index (κ3) is 3.64. The topological polar surface area (TPSA) is 63.1 Å². The first-order chi connectivity index (χ1) is 13.5. The number of pyridine rings is 1. The summed E-state index contributed by atoms with van der Waals surface area (Å²) in [6.45, 7) is 2.55. The van der Waals surface area contributed by atoms with Gasteiger partial charge in [-0.2, -0.15) is 5.10 Å². The molecular formula is C20H19BrFN5O. The quantitative estimate of drug-likeness (QED) is 0.652. The van der Waals surface area contributed by atoms with Gasteiger partial charge in [-0.05, 0) is 71.6 Å². The van der Waals surface area contributed by atoms with Crippen molar-refractivity contribution in [2.24, 2.45) is 0 Å². The van der Waals surface area contributed by atoms with Crippen LogP contribution in [0.25, 0.3) is 5.69 Å². The Hall–Kier alpha value is -2.74. The molecule has 6 nitrogen and oxygen atoms in total. The fourth-order valence-electron chi connectivity index (χ4n) is 3.38. The monoisotopic (exact) mass is 443 g/mol. The molecule has 1 N–H and O–H groups in total. The number of nitrogens with zero attached hydrogens (tertiary/aromatic N) is 4. The van der Waals surface area contributed by atoms with Crippen molar-refractivity contribution in [2.45, 2.75) is 25.8 Å². The van der Waals surface area contributed by atoms with Crippen LogP contribution in [0.2, 0.25) is 0 Å². The summed E-state index contributed by atoms with van der Waals surface area (Å²) in [7, 11) is 0. The lowest BCUT2D eigenvalue weighted by molar-refractivity contribution is 0.243. The Balaban J connectivity index is 1.56. The van der Waals surface area contributed by atoms with Crippen LogP contribution in [-0.2, 0) is 6.42 Å². The highest BCUT2D eigenvalue weighted by atomic mass is 79.9. The van der Waals surface area contributed by atoms with Gasteiger partial charge in [0.05, 0.1) is 29.3 Å². The molecule has 0 aliphatic carbocycles. The molecule has 3 heterocycles. The molecule has 1 aliphatic rings. The van der Waals surface area contributed by atoms with E-state index < -0.39 is 0 Å². The van der Waals surface area contributed by atoms with E-state index in [1.807, 2.05) is 13.0 Å². The van der Waals surface area contributed by atoms with Crippen LogP contribution >= 0.6 is 15.9 Å². The Bertz CT molecular complexity index is 1000. The lowest BCUT2D eigenvalue weighted by atomic mass is 10.1. The van der Waals surface area contributed by atoms with Crippen molar-refractivity contribution < 1.29 is 9.18 Å². The molecule has 1 aliphatic heterocycles. The van der Waals surface area contributed by atoms with Crippen LogP contribution in [0.15, 0.2) is 53.4 Å². The SMILES string of the molecule is CC(NC(=O)N1CCCc2c1cnn2-c1ccc(F)cc1)c1cncc(Br)c1. The molecule has 2 amide bonds. The summed E-state index contributed by atoms with van der Waals surface area (Å²) in [5.74, 6) is -0.290. The van der Waals surface area contributed by atoms with Gasteiger partial charge >= 0.3 is 6.03 Å². The summed E-state index contributed by atoms with van der Waals surface area (Å²) >= 11 is 3.40. The van der Waals surface area contributed by atoms with Crippen LogP contribution in [-0.4, -0.2) is 27.3 Å². The molecule has 2 aromatic heterocycles. The van der Waals surface area contributed by atoms with Gasteiger partial charge in [0, 0.05) is 23.4 Å². The second-order valence-electron chi connectivity index (χ2n) is 6.73. The van der Waals surface area contributed by atoms with Crippen molar-refractivity contribution in [1.29, 1.82) is 0 Å². The Morgan fingerprint density at radius 1 is 1.25 bits per heavy atom. The Morgan fingerprint density at radius 2 is 2.04 bits per heavy atom. The standard InChI is InChI=1S/C20H19BrFN5O/c1-13(14-9-15(21)11-23-10-14)25-20(28)26-8-2-3-18-19(26)12-24-27(18)17-6-4-16(22)5-7-17/h4-7,9-13H,2-3,8H2,1H3,(H,25,28). The fraction of sp³-hybridized carbons (Fsp3) is 0.250. The van der Waals surface area contributed by atoms with Crippen LogP contribution in [0.5, 0.6) is 0 Å². The number of anilines is 1. The zero-order chi connectivity index (χ0) is 19.7. The predicted octanol–water partition coefficient (Wildman–Crippen LogP) is 4.39. The van der Waals surface area contributed by atoms with Crippen LogP contribution in [0.1, 0.15) is 30.6 Å². The number of carbonyl (C=O) groups excluding carboxylic acids is 1. The average molecular weight is 444 g/mol. The highest BCUT2D eigenvalue weighted by molar-refractivity contribution is 9.10. The number of hydrogen-bond acceptors (Lipinski definition) is 3. The van der Waals surface area contributed by atoms with Crippen molar-refractivity contribution in [3.8, 4) is 5.69 Å². The summed E-state index contributed by atoms with van der Waals surface area (Å²) in [5, 5.41) is 7.47. The van der Waals surface area contributed by atoms with Crippen molar-refractivity contribution in [1.82, 2.24) is 20.1 Å². The zero-order valence-electron chi connectivity index (χ0n) is 15.3. The minimum Gasteiger partial charge on any atom is -0.331 e. The number of carbonyl (C=O) groups is 1. The van der Waals surface area contributed by atoms with Gasteiger partial charge in [0.2, 0.25) is 0 Å². The minimum absolute atomic E-state index is 0.174. The van der Waals surface area contributed by atoms with E-state index in [4.69, 9.17) is 0 Å². The molecule has 0 saturated carbocycles. The molecule has 1 atom stereocenters. The van der Waals surface area contributed by atoms with Gasteiger partial charge in [0.15, 0.2) is 0 Å². The number of rotatable bonds is 3. The van der Waals surface area contributed by atoms with Crippen LogP contribution in [0.3, 0.4) is 0 Å². The van der Waals surface area contributed by atoms with Crippen molar-refractivity contribution in [3.05, 3.63) is 70.5 Å². The number of fused-ring (bicyclic) bond motifs is 1. The Morgan fingerprint density at radius 3 is 2.79 bits per heavy atom. The molecule has 0 spiro atoms. The van der Waals surface area contributed by atoms with E-state index in [-0.39, 0.29) is 17.9 Å². The Labute approximate surface area is 170 Å².